The Labute approximate surface area is 97.4 Å². The van der Waals surface area contributed by atoms with Gasteiger partial charge in [0, 0.05) is 11.9 Å². The van der Waals surface area contributed by atoms with Gasteiger partial charge >= 0.3 is 0 Å². The molecule has 1 saturated carbocycles. The van der Waals surface area contributed by atoms with Crippen molar-refractivity contribution in [1.82, 2.24) is 4.90 Å². The highest BCUT2D eigenvalue weighted by atomic mass is 79.9. The van der Waals surface area contributed by atoms with Crippen molar-refractivity contribution in [3.05, 3.63) is 0 Å². The van der Waals surface area contributed by atoms with E-state index in [9.17, 15) is 0 Å². The third-order valence-electron chi connectivity index (χ3n) is 3.20. The van der Waals surface area contributed by atoms with Crippen LogP contribution in [0.4, 0.5) is 0 Å². The zero-order valence-electron chi connectivity index (χ0n) is 9.64. The van der Waals surface area contributed by atoms with Gasteiger partial charge in [0.05, 0.1) is 0 Å². The second-order valence-electron chi connectivity index (χ2n) is 4.71. The first-order chi connectivity index (χ1) is 6.76. The molecule has 0 heterocycles. The SMILES string of the molecule is CCN(CCC(C)CCBr)CC1CC1. The van der Waals surface area contributed by atoms with Gasteiger partial charge in [-0.2, -0.15) is 0 Å². The fraction of sp³-hybridized carbons (Fsp3) is 1.00. The van der Waals surface area contributed by atoms with E-state index in [2.05, 4.69) is 34.7 Å². The minimum atomic E-state index is 0.877. The van der Waals surface area contributed by atoms with E-state index in [1.165, 1.54) is 45.3 Å². The van der Waals surface area contributed by atoms with Crippen LogP contribution in [0.5, 0.6) is 0 Å². The number of alkyl halides is 1. The second kappa shape index (κ2) is 6.84. The van der Waals surface area contributed by atoms with Crippen molar-refractivity contribution >= 4 is 15.9 Å². The van der Waals surface area contributed by atoms with Crippen LogP contribution in [0.2, 0.25) is 0 Å². The molecule has 0 aliphatic heterocycles. The topological polar surface area (TPSA) is 3.24 Å². The second-order valence-corrected chi connectivity index (χ2v) is 5.50. The van der Waals surface area contributed by atoms with E-state index >= 15 is 0 Å². The van der Waals surface area contributed by atoms with Gasteiger partial charge in [-0.1, -0.05) is 29.8 Å². The Morgan fingerprint density at radius 2 is 2.07 bits per heavy atom. The highest BCUT2D eigenvalue weighted by molar-refractivity contribution is 9.09. The minimum absolute atomic E-state index is 0.877. The van der Waals surface area contributed by atoms with Crippen molar-refractivity contribution in [2.75, 3.05) is 25.0 Å². The molecule has 1 aliphatic rings. The van der Waals surface area contributed by atoms with Gasteiger partial charge in [-0.15, -0.1) is 0 Å². The average molecular weight is 262 g/mol. The van der Waals surface area contributed by atoms with Crippen LogP contribution in [0.3, 0.4) is 0 Å². The normalized spacial score (nSPS) is 18.9. The van der Waals surface area contributed by atoms with Gasteiger partial charge in [0.2, 0.25) is 0 Å². The molecule has 0 aromatic rings. The van der Waals surface area contributed by atoms with Crippen molar-refractivity contribution in [3.63, 3.8) is 0 Å². The van der Waals surface area contributed by atoms with Gasteiger partial charge in [-0.05, 0) is 50.6 Å². The van der Waals surface area contributed by atoms with Gasteiger partial charge in [0.15, 0.2) is 0 Å². The summed E-state index contributed by atoms with van der Waals surface area (Å²) in [7, 11) is 0. The third-order valence-corrected chi connectivity index (χ3v) is 3.66. The zero-order chi connectivity index (χ0) is 10.4. The molecule has 1 rings (SSSR count). The lowest BCUT2D eigenvalue weighted by atomic mass is 10.1. The molecule has 0 spiro atoms. The van der Waals surface area contributed by atoms with E-state index in [1.807, 2.05) is 0 Å². The maximum Gasteiger partial charge on any atom is 0.00338 e. The zero-order valence-corrected chi connectivity index (χ0v) is 11.2. The van der Waals surface area contributed by atoms with Crippen LogP contribution in [0.15, 0.2) is 0 Å². The van der Waals surface area contributed by atoms with Gasteiger partial charge in [0.25, 0.3) is 0 Å². The Morgan fingerprint density at radius 1 is 1.36 bits per heavy atom. The molecule has 1 unspecified atom stereocenters. The molecule has 0 N–H and O–H groups in total. The van der Waals surface area contributed by atoms with E-state index in [0.717, 1.165) is 17.2 Å². The Balaban J connectivity index is 2.06. The summed E-state index contributed by atoms with van der Waals surface area (Å²) in [5.41, 5.74) is 0. The summed E-state index contributed by atoms with van der Waals surface area (Å²) in [6.07, 6.45) is 5.65. The molecular formula is C12H24BrN. The average Bonchev–Trinajstić information content (AvgIpc) is 2.96. The Morgan fingerprint density at radius 3 is 2.57 bits per heavy atom. The van der Waals surface area contributed by atoms with Gasteiger partial charge in [-0.3, -0.25) is 0 Å². The predicted octanol–water partition coefficient (Wildman–Crippen LogP) is 3.53. The number of nitrogens with zero attached hydrogens (tertiary/aromatic N) is 1. The van der Waals surface area contributed by atoms with E-state index in [4.69, 9.17) is 0 Å². The number of hydrogen-bond acceptors (Lipinski definition) is 1. The lowest BCUT2D eigenvalue weighted by Crippen LogP contribution is -2.27. The standard InChI is InChI=1S/C12H24BrN/c1-3-14(10-12-4-5-12)9-7-11(2)6-8-13/h11-12H,3-10H2,1-2H3. The minimum Gasteiger partial charge on any atom is -0.303 e. The fourth-order valence-electron chi connectivity index (χ4n) is 1.78. The van der Waals surface area contributed by atoms with Crippen LogP contribution in [-0.2, 0) is 0 Å². The molecule has 84 valence electrons. The maximum atomic E-state index is 3.51. The van der Waals surface area contributed by atoms with Crippen LogP contribution in [0.1, 0.15) is 39.5 Å². The molecule has 2 heteroatoms. The predicted molar refractivity (Wildman–Crippen MR) is 67.0 cm³/mol. The summed E-state index contributed by atoms with van der Waals surface area (Å²) in [5, 5.41) is 1.16. The largest absolute Gasteiger partial charge is 0.303 e. The van der Waals surface area contributed by atoms with Crippen molar-refractivity contribution < 1.29 is 0 Å². The third kappa shape index (κ3) is 5.35. The van der Waals surface area contributed by atoms with Crippen LogP contribution in [0.25, 0.3) is 0 Å². The Hall–Kier alpha value is 0.440. The molecule has 0 radical (unpaired) electrons. The van der Waals surface area contributed by atoms with Gasteiger partial charge in [-0.25, -0.2) is 0 Å². The molecule has 14 heavy (non-hydrogen) atoms. The molecule has 1 fully saturated rings. The lowest BCUT2D eigenvalue weighted by molar-refractivity contribution is 0.256. The molecule has 0 aromatic heterocycles. The van der Waals surface area contributed by atoms with E-state index < -0.39 is 0 Å². The lowest BCUT2D eigenvalue weighted by Gasteiger charge is -2.21. The van der Waals surface area contributed by atoms with Crippen LogP contribution < -0.4 is 0 Å². The van der Waals surface area contributed by atoms with E-state index in [1.54, 1.807) is 0 Å². The van der Waals surface area contributed by atoms with Gasteiger partial charge in [0.1, 0.15) is 0 Å². The first-order valence-electron chi connectivity index (χ1n) is 6.04. The quantitative estimate of drug-likeness (QED) is 0.605. The van der Waals surface area contributed by atoms with Crippen molar-refractivity contribution in [2.45, 2.75) is 39.5 Å². The summed E-state index contributed by atoms with van der Waals surface area (Å²) in [6, 6.07) is 0. The Bertz CT molecular complexity index is 145. The molecular weight excluding hydrogens is 238 g/mol. The Kier molecular flexibility index (Phi) is 6.11. The highest BCUT2D eigenvalue weighted by Gasteiger charge is 2.23. The summed E-state index contributed by atoms with van der Waals surface area (Å²) in [5.74, 6) is 1.92. The van der Waals surface area contributed by atoms with E-state index in [0.29, 0.717) is 0 Å². The molecule has 0 amide bonds. The van der Waals surface area contributed by atoms with Gasteiger partial charge < -0.3 is 4.90 Å². The smallest absolute Gasteiger partial charge is 0.00338 e. The maximum absolute atomic E-state index is 3.51. The summed E-state index contributed by atoms with van der Waals surface area (Å²) in [4.78, 5) is 2.63. The monoisotopic (exact) mass is 261 g/mol. The summed E-state index contributed by atoms with van der Waals surface area (Å²) < 4.78 is 0. The molecule has 1 aliphatic carbocycles. The molecule has 0 bridgehead atoms. The first kappa shape index (κ1) is 12.5. The summed E-state index contributed by atoms with van der Waals surface area (Å²) >= 11 is 3.51. The van der Waals surface area contributed by atoms with Crippen molar-refractivity contribution in [3.8, 4) is 0 Å². The number of hydrogen-bond donors (Lipinski definition) is 0. The summed E-state index contributed by atoms with van der Waals surface area (Å²) in [6.45, 7) is 8.56. The number of rotatable bonds is 8. The molecule has 1 nitrogen and oxygen atoms in total. The highest BCUT2D eigenvalue weighted by Crippen LogP contribution is 2.29. The van der Waals surface area contributed by atoms with E-state index in [-0.39, 0.29) is 0 Å². The molecule has 1 atom stereocenters. The van der Waals surface area contributed by atoms with Crippen LogP contribution in [0, 0.1) is 11.8 Å². The van der Waals surface area contributed by atoms with Crippen molar-refractivity contribution in [1.29, 1.82) is 0 Å². The molecule has 0 saturated heterocycles. The van der Waals surface area contributed by atoms with Crippen molar-refractivity contribution in [2.24, 2.45) is 11.8 Å². The fourth-order valence-corrected chi connectivity index (χ4v) is 2.56. The first-order valence-corrected chi connectivity index (χ1v) is 7.16. The molecule has 0 aromatic carbocycles. The number of halogens is 1. The van der Waals surface area contributed by atoms with Crippen LogP contribution >= 0.6 is 15.9 Å². The van der Waals surface area contributed by atoms with Crippen LogP contribution in [-0.4, -0.2) is 29.9 Å².